The lowest BCUT2D eigenvalue weighted by molar-refractivity contribution is -0.122. The van der Waals surface area contributed by atoms with Crippen LogP contribution in [0.2, 0.25) is 0 Å². The van der Waals surface area contributed by atoms with Gasteiger partial charge in [-0.25, -0.2) is 9.97 Å². The van der Waals surface area contributed by atoms with Crippen LogP contribution in [-0.4, -0.2) is 31.8 Å². The van der Waals surface area contributed by atoms with Crippen LogP contribution in [0.3, 0.4) is 0 Å². The molecule has 0 atom stereocenters. The molecule has 2 aromatic carbocycles. The number of anilines is 2. The smallest absolute Gasteiger partial charge is 0.318 e. The normalized spacial score (nSPS) is 10.5. The van der Waals surface area contributed by atoms with Gasteiger partial charge in [-0.2, -0.15) is 9.97 Å². The molecule has 0 aliphatic carbocycles. The standard InChI is InChI=1S/C29H32N8O4/c30-24-12-14-32-28(36-24)40-18-22-8-4-20(5-9-22)16-34-26(38)2-1-3-27(39)35-17-21-6-10-23(11-7-21)19-41-29-33-15-13-25(31)37-29/h4-15H,1-3,16-19H2,(H,34,38)(H,35,39)(H2,30,32,36)(H2,31,33,37). The Morgan fingerprint density at radius 2 is 1.00 bits per heavy atom. The summed E-state index contributed by atoms with van der Waals surface area (Å²) in [6, 6.07) is 18.9. The first kappa shape index (κ1) is 28.7. The molecule has 2 amide bonds. The van der Waals surface area contributed by atoms with Gasteiger partial charge in [-0.15, -0.1) is 0 Å². The van der Waals surface area contributed by atoms with Crippen molar-refractivity contribution in [2.45, 2.75) is 45.6 Å². The van der Waals surface area contributed by atoms with E-state index in [2.05, 4.69) is 30.6 Å². The molecule has 4 aromatic rings. The summed E-state index contributed by atoms with van der Waals surface area (Å²) in [6.07, 6.45) is 4.07. The van der Waals surface area contributed by atoms with Gasteiger partial charge in [0.15, 0.2) is 0 Å². The third-order valence-electron chi connectivity index (χ3n) is 5.88. The topological polar surface area (TPSA) is 180 Å². The van der Waals surface area contributed by atoms with Crippen molar-refractivity contribution in [2.75, 3.05) is 11.5 Å². The molecule has 6 N–H and O–H groups in total. The molecule has 0 bridgehead atoms. The Morgan fingerprint density at radius 3 is 1.39 bits per heavy atom. The second-order valence-electron chi connectivity index (χ2n) is 9.15. The number of hydrogen-bond donors (Lipinski definition) is 4. The molecule has 4 rings (SSSR count). The molecule has 0 radical (unpaired) electrons. The number of nitrogen functional groups attached to an aromatic ring is 2. The average molecular weight is 557 g/mol. The van der Waals surface area contributed by atoms with E-state index < -0.39 is 0 Å². The lowest BCUT2D eigenvalue weighted by Gasteiger charge is -2.09. The van der Waals surface area contributed by atoms with Crippen molar-refractivity contribution in [2.24, 2.45) is 0 Å². The molecule has 41 heavy (non-hydrogen) atoms. The van der Waals surface area contributed by atoms with Crippen molar-refractivity contribution >= 4 is 23.5 Å². The van der Waals surface area contributed by atoms with Crippen molar-refractivity contribution in [3.8, 4) is 12.0 Å². The Hall–Kier alpha value is -5.26. The highest BCUT2D eigenvalue weighted by Gasteiger charge is 2.07. The molecule has 0 fully saturated rings. The van der Waals surface area contributed by atoms with Crippen molar-refractivity contribution < 1.29 is 19.1 Å². The molecule has 0 spiro atoms. The number of amides is 2. The van der Waals surface area contributed by atoms with Crippen molar-refractivity contribution in [3.05, 3.63) is 95.3 Å². The van der Waals surface area contributed by atoms with E-state index in [4.69, 9.17) is 20.9 Å². The predicted molar refractivity (Wildman–Crippen MR) is 152 cm³/mol. The van der Waals surface area contributed by atoms with Crippen LogP contribution >= 0.6 is 0 Å². The maximum Gasteiger partial charge on any atom is 0.318 e. The lowest BCUT2D eigenvalue weighted by Crippen LogP contribution is -2.25. The molecule has 0 unspecified atom stereocenters. The van der Waals surface area contributed by atoms with Gasteiger partial charge in [0.05, 0.1) is 0 Å². The molecule has 2 heterocycles. The van der Waals surface area contributed by atoms with Gasteiger partial charge in [-0.05, 0) is 40.8 Å². The summed E-state index contributed by atoms with van der Waals surface area (Å²) >= 11 is 0. The van der Waals surface area contributed by atoms with Gasteiger partial charge < -0.3 is 31.6 Å². The Kier molecular flexibility index (Phi) is 10.4. The molecule has 212 valence electrons. The van der Waals surface area contributed by atoms with Crippen LogP contribution in [0, 0.1) is 0 Å². The number of rotatable bonds is 14. The van der Waals surface area contributed by atoms with E-state index >= 15 is 0 Å². The molecular weight excluding hydrogens is 524 g/mol. The Labute approximate surface area is 237 Å². The molecular formula is C29H32N8O4. The second-order valence-corrected chi connectivity index (χ2v) is 9.15. The molecule has 0 aliphatic heterocycles. The number of aromatic nitrogens is 4. The molecule has 12 nitrogen and oxygen atoms in total. The Balaban J connectivity index is 1.07. The first-order valence-corrected chi connectivity index (χ1v) is 13.0. The molecule has 0 saturated carbocycles. The number of hydrogen-bond acceptors (Lipinski definition) is 10. The number of nitrogens with two attached hydrogens (primary N) is 2. The summed E-state index contributed by atoms with van der Waals surface area (Å²) in [6.45, 7) is 1.41. The van der Waals surface area contributed by atoms with Gasteiger partial charge in [-0.1, -0.05) is 48.5 Å². The van der Waals surface area contributed by atoms with Crippen LogP contribution < -0.4 is 31.6 Å². The highest BCUT2D eigenvalue weighted by molar-refractivity contribution is 5.78. The van der Waals surface area contributed by atoms with Crippen LogP contribution in [0.5, 0.6) is 12.0 Å². The molecule has 0 saturated heterocycles. The monoisotopic (exact) mass is 556 g/mol. The number of carbonyl (C=O) groups is 2. The number of nitrogens with one attached hydrogen (secondary N) is 2. The summed E-state index contributed by atoms with van der Waals surface area (Å²) in [4.78, 5) is 40.4. The van der Waals surface area contributed by atoms with E-state index in [1.165, 1.54) is 12.4 Å². The predicted octanol–water partition coefficient (Wildman–Crippen LogP) is 2.69. The lowest BCUT2D eigenvalue weighted by atomic mass is 10.1. The molecule has 2 aromatic heterocycles. The Bertz CT molecular complexity index is 1320. The van der Waals surface area contributed by atoms with Gasteiger partial charge in [0, 0.05) is 38.3 Å². The quantitative estimate of drug-likeness (QED) is 0.180. The number of nitrogens with zero attached hydrogens (tertiary/aromatic N) is 4. The van der Waals surface area contributed by atoms with Gasteiger partial charge in [0.2, 0.25) is 11.8 Å². The minimum absolute atomic E-state index is 0.106. The Morgan fingerprint density at radius 1 is 0.610 bits per heavy atom. The number of ether oxygens (including phenoxy) is 2. The summed E-state index contributed by atoms with van der Waals surface area (Å²) in [7, 11) is 0. The fourth-order valence-electron chi connectivity index (χ4n) is 3.64. The number of benzene rings is 2. The van der Waals surface area contributed by atoms with Crippen molar-refractivity contribution in [1.82, 2.24) is 30.6 Å². The van der Waals surface area contributed by atoms with E-state index in [0.717, 1.165) is 22.3 Å². The van der Waals surface area contributed by atoms with Crippen LogP contribution in [0.25, 0.3) is 0 Å². The van der Waals surface area contributed by atoms with Crippen LogP contribution in [0.1, 0.15) is 41.5 Å². The maximum atomic E-state index is 12.2. The third-order valence-corrected chi connectivity index (χ3v) is 5.88. The summed E-state index contributed by atoms with van der Waals surface area (Å²) in [5.41, 5.74) is 15.0. The largest absolute Gasteiger partial charge is 0.459 e. The summed E-state index contributed by atoms with van der Waals surface area (Å²) in [5, 5.41) is 5.77. The van der Waals surface area contributed by atoms with Crippen LogP contribution in [0.4, 0.5) is 11.6 Å². The fraction of sp³-hybridized carbons (Fsp3) is 0.241. The zero-order chi connectivity index (χ0) is 28.9. The summed E-state index contributed by atoms with van der Waals surface area (Å²) < 4.78 is 11.1. The zero-order valence-corrected chi connectivity index (χ0v) is 22.5. The van der Waals surface area contributed by atoms with E-state index in [1.54, 1.807) is 12.1 Å². The minimum atomic E-state index is -0.106. The fourth-order valence-corrected chi connectivity index (χ4v) is 3.64. The van der Waals surface area contributed by atoms with E-state index in [0.29, 0.717) is 44.4 Å². The number of carbonyl (C=O) groups excluding carboxylic acids is 2. The zero-order valence-electron chi connectivity index (χ0n) is 22.5. The van der Waals surface area contributed by atoms with Gasteiger partial charge in [-0.3, -0.25) is 9.59 Å². The van der Waals surface area contributed by atoms with Crippen LogP contribution in [-0.2, 0) is 35.9 Å². The van der Waals surface area contributed by atoms with E-state index in [1.807, 2.05) is 48.5 Å². The van der Waals surface area contributed by atoms with E-state index in [9.17, 15) is 9.59 Å². The maximum absolute atomic E-state index is 12.2. The highest BCUT2D eigenvalue weighted by Crippen LogP contribution is 2.11. The van der Waals surface area contributed by atoms with E-state index in [-0.39, 0.29) is 36.7 Å². The average Bonchev–Trinajstić information content (AvgIpc) is 2.98. The first-order chi connectivity index (χ1) is 19.9. The third kappa shape index (κ3) is 10.1. The van der Waals surface area contributed by atoms with Crippen LogP contribution in [0.15, 0.2) is 73.1 Å². The minimum Gasteiger partial charge on any atom is -0.459 e. The highest BCUT2D eigenvalue weighted by atomic mass is 16.5. The second kappa shape index (κ2) is 14.8. The van der Waals surface area contributed by atoms with Gasteiger partial charge in [0.1, 0.15) is 24.8 Å². The van der Waals surface area contributed by atoms with Crippen molar-refractivity contribution in [1.29, 1.82) is 0 Å². The SMILES string of the molecule is Nc1ccnc(OCc2ccc(CNC(=O)CCCC(=O)NCc3ccc(COc4nccc(N)n4)cc3)cc2)n1. The van der Waals surface area contributed by atoms with Crippen molar-refractivity contribution in [3.63, 3.8) is 0 Å². The van der Waals surface area contributed by atoms with Gasteiger partial charge in [0.25, 0.3) is 0 Å². The summed E-state index contributed by atoms with van der Waals surface area (Å²) in [5.74, 6) is 0.479. The van der Waals surface area contributed by atoms with Gasteiger partial charge >= 0.3 is 12.0 Å². The molecule has 0 aliphatic rings. The first-order valence-electron chi connectivity index (χ1n) is 13.0. The molecule has 12 heteroatoms.